The molecule has 0 saturated carbocycles. The van der Waals surface area contributed by atoms with Crippen LogP contribution in [0, 0.1) is 0 Å². The van der Waals surface area contributed by atoms with Crippen molar-refractivity contribution in [2.24, 2.45) is 0 Å². The maximum absolute atomic E-state index is 10.9. The molecule has 4 nitrogen and oxygen atoms in total. The molecule has 0 atom stereocenters. The molecule has 0 aliphatic rings. The second-order valence-electron chi connectivity index (χ2n) is 3.77. The molecule has 2 rings (SSSR count). The van der Waals surface area contributed by atoms with Crippen molar-refractivity contribution in [1.82, 2.24) is 5.73 Å². The topological polar surface area (TPSA) is 70.3 Å². The lowest BCUT2D eigenvalue weighted by atomic mass is 9.97. The molecule has 0 heterocycles. The van der Waals surface area contributed by atoms with Gasteiger partial charge in [0.15, 0.2) is 0 Å². The summed E-state index contributed by atoms with van der Waals surface area (Å²) in [6.07, 6.45) is -1.29. The van der Waals surface area contributed by atoms with Crippen LogP contribution in [0.4, 0.5) is 4.79 Å². The van der Waals surface area contributed by atoms with Crippen LogP contribution < -0.4 is 5.73 Å². The van der Waals surface area contributed by atoms with Crippen LogP contribution in [0.5, 0.6) is 0 Å². The number of aliphatic hydroxyl groups is 1. The highest BCUT2D eigenvalue weighted by molar-refractivity contribution is 5.65. The van der Waals surface area contributed by atoms with E-state index in [4.69, 9.17) is 10.5 Å². The number of hydrogen-bond donors (Lipinski definition) is 1. The Morgan fingerprint density at radius 1 is 0.944 bits per heavy atom. The van der Waals surface area contributed by atoms with Crippen LogP contribution in [0.15, 0.2) is 60.7 Å². The highest BCUT2D eigenvalue weighted by Crippen LogP contribution is 2.30. The molecule has 0 aliphatic carbocycles. The number of benzene rings is 2. The highest BCUT2D eigenvalue weighted by atomic mass is 16.7. The maximum Gasteiger partial charge on any atom is 0.429 e. The predicted molar refractivity (Wildman–Crippen MR) is 65.5 cm³/mol. The average molecular weight is 242 g/mol. The molecule has 2 aromatic carbocycles. The Bertz CT molecular complexity index is 486. The van der Waals surface area contributed by atoms with Gasteiger partial charge in [-0.05, 0) is 0 Å². The van der Waals surface area contributed by atoms with Crippen LogP contribution >= 0.6 is 0 Å². The first-order valence-electron chi connectivity index (χ1n) is 5.41. The molecule has 0 aromatic heterocycles. The lowest BCUT2D eigenvalue weighted by molar-refractivity contribution is -0.133. The van der Waals surface area contributed by atoms with Crippen molar-refractivity contribution < 1.29 is 14.6 Å². The van der Waals surface area contributed by atoms with Gasteiger partial charge >= 0.3 is 6.09 Å². The molecule has 0 saturated heterocycles. The molecule has 2 N–H and O–H groups in total. The molecule has 0 spiro atoms. The molecule has 0 fully saturated rings. The minimum atomic E-state index is -1.93. The minimum absolute atomic E-state index is 0.400. The number of nitrogens with one attached hydrogen (secondary N) is 1. The third-order valence-electron chi connectivity index (χ3n) is 2.57. The molecule has 1 radical (unpaired) electrons. The van der Waals surface area contributed by atoms with Crippen molar-refractivity contribution in [3.8, 4) is 0 Å². The number of carbonyl (C=O) groups is 1. The van der Waals surface area contributed by atoms with Crippen LogP contribution in [0.1, 0.15) is 11.1 Å². The van der Waals surface area contributed by atoms with Crippen molar-refractivity contribution in [2.45, 2.75) is 5.79 Å². The Morgan fingerprint density at radius 2 is 1.33 bits per heavy atom. The Labute approximate surface area is 105 Å². The number of rotatable bonds is 3. The summed E-state index contributed by atoms with van der Waals surface area (Å²) in [6, 6.07) is 17.0. The molecule has 1 amide bonds. The first kappa shape index (κ1) is 12.1. The monoisotopic (exact) mass is 242 g/mol. The molecule has 4 heteroatoms. The zero-order valence-electron chi connectivity index (χ0n) is 9.54. The summed E-state index contributed by atoms with van der Waals surface area (Å²) >= 11 is 0. The van der Waals surface area contributed by atoms with Gasteiger partial charge in [0.05, 0.1) is 0 Å². The van der Waals surface area contributed by atoms with Gasteiger partial charge in [-0.3, -0.25) is 0 Å². The summed E-state index contributed by atoms with van der Waals surface area (Å²) in [5.74, 6) is -1.93. The molecule has 0 bridgehead atoms. The van der Waals surface area contributed by atoms with Gasteiger partial charge < -0.3 is 9.84 Å². The van der Waals surface area contributed by atoms with Crippen LogP contribution in [0.2, 0.25) is 0 Å². The van der Waals surface area contributed by atoms with Crippen molar-refractivity contribution in [3.63, 3.8) is 0 Å². The summed E-state index contributed by atoms with van der Waals surface area (Å²) in [5.41, 5.74) is 7.71. The molecule has 2 aromatic rings. The summed E-state index contributed by atoms with van der Waals surface area (Å²) in [7, 11) is 0. The smallest absolute Gasteiger partial charge is 0.407 e. The summed E-state index contributed by atoms with van der Waals surface area (Å²) in [5, 5.41) is 10.6. The normalized spacial score (nSPS) is 10.9. The summed E-state index contributed by atoms with van der Waals surface area (Å²) in [4.78, 5) is 10.9. The first-order chi connectivity index (χ1) is 8.63. The van der Waals surface area contributed by atoms with Crippen molar-refractivity contribution in [2.75, 3.05) is 0 Å². The van der Waals surface area contributed by atoms with E-state index in [9.17, 15) is 9.90 Å². The van der Waals surface area contributed by atoms with Crippen molar-refractivity contribution in [1.29, 1.82) is 0 Å². The van der Waals surface area contributed by atoms with Gasteiger partial charge in [-0.2, -0.15) is 0 Å². The van der Waals surface area contributed by atoms with E-state index in [0.29, 0.717) is 11.1 Å². The van der Waals surface area contributed by atoms with E-state index in [1.54, 1.807) is 60.7 Å². The number of carbonyl (C=O) groups excluding carboxylic acids is 1. The van der Waals surface area contributed by atoms with Gasteiger partial charge in [-0.1, -0.05) is 60.7 Å². The van der Waals surface area contributed by atoms with E-state index in [-0.39, 0.29) is 0 Å². The second-order valence-corrected chi connectivity index (χ2v) is 3.77. The fourth-order valence-corrected chi connectivity index (χ4v) is 1.75. The van der Waals surface area contributed by atoms with Crippen LogP contribution in [0.25, 0.3) is 0 Å². The molecule has 0 aliphatic heterocycles. The first-order valence-corrected chi connectivity index (χ1v) is 5.41. The molecule has 91 valence electrons. The standard InChI is InChI=1S/C14H12NO3/c15-13(16)18-14(17,11-7-3-1-4-8-11)12-9-5-2-6-10-12/h1-10,15,17H. The largest absolute Gasteiger partial charge is 0.429 e. The lowest BCUT2D eigenvalue weighted by Gasteiger charge is -2.27. The van der Waals surface area contributed by atoms with E-state index in [1.165, 1.54) is 0 Å². The Kier molecular flexibility index (Phi) is 3.30. The molecular formula is C14H12NO3. The van der Waals surface area contributed by atoms with Gasteiger partial charge in [0.1, 0.15) is 0 Å². The molecule has 0 unspecified atom stereocenters. The van der Waals surface area contributed by atoms with Gasteiger partial charge in [-0.15, -0.1) is 0 Å². The van der Waals surface area contributed by atoms with Crippen LogP contribution in [0.3, 0.4) is 0 Å². The third kappa shape index (κ3) is 2.33. The van der Waals surface area contributed by atoms with Crippen molar-refractivity contribution in [3.05, 3.63) is 71.8 Å². The maximum atomic E-state index is 10.9. The fourth-order valence-electron chi connectivity index (χ4n) is 1.75. The summed E-state index contributed by atoms with van der Waals surface area (Å²) in [6.45, 7) is 0. The van der Waals surface area contributed by atoms with Gasteiger partial charge in [0, 0.05) is 11.1 Å². The average Bonchev–Trinajstić information content (AvgIpc) is 2.40. The van der Waals surface area contributed by atoms with Crippen LogP contribution in [-0.4, -0.2) is 11.2 Å². The van der Waals surface area contributed by atoms with E-state index < -0.39 is 11.9 Å². The van der Waals surface area contributed by atoms with Gasteiger partial charge in [0.25, 0.3) is 5.79 Å². The molecular weight excluding hydrogens is 230 g/mol. The number of ether oxygens (including phenoxy) is 1. The minimum Gasteiger partial charge on any atom is -0.407 e. The Hall–Kier alpha value is -2.33. The third-order valence-corrected chi connectivity index (χ3v) is 2.57. The SMILES string of the molecule is [NH]C(=O)OC(O)(c1ccccc1)c1ccccc1. The second kappa shape index (κ2) is 4.89. The Morgan fingerprint density at radius 3 is 1.67 bits per heavy atom. The fraction of sp³-hybridized carbons (Fsp3) is 0.0714. The van der Waals surface area contributed by atoms with Crippen LogP contribution in [-0.2, 0) is 10.5 Å². The zero-order chi connectivity index (χ0) is 13.0. The Balaban J connectivity index is 2.51. The van der Waals surface area contributed by atoms with E-state index >= 15 is 0 Å². The molecule has 18 heavy (non-hydrogen) atoms. The van der Waals surface area contributed by atoms with E-state index in [1.807, 2.05) is 0 Å². The van der Waals surface area contributed by atoms with Gasteiger partial charge in [0.2, 0.25) is 0 Å². The summed E-state index contributed by atoms with van der Waals surface area (Å²) < 4.78 is 4.79. The lowest BCUT2D eigenvalue weighted by Crippen LogP contribution is -2.33. The zero-order valence-corrected chi connectivity index (χ0v) is 9.54. The van der Waals surface area contributed by atoms with Gasteiger partial charge in [-0.25, -0.2) is 10.5 Å². The van der Waals surface area contributed by atoms with Crippen molar-refractivity contribution >= 4 is 6.09 Å². The van der Waals surface area contributed by atoms with E-state index in [2.05, 4.69) is 0 Å². The quantitative estimate of drug-likeness (QED) is 0.839. The highest BCUT2D eigenvalue weighted by Gasteiger charge is 2.35. The number of amides is 1. The van der Waals surface area contributed by atoms with E-state index in [0.717, 1.165) is 0 Å². The predicted octanol–water partition coefficient (Wildman–Crippen LogP) is 2.30. The number of hydrogen-bond acceptors (Lipinski definition) is 3.